The highest BCUT2D eigenvalue weighted by Crippen LogP contribution is 2.42. The van der Waals surface area contributed by atoms with Gasteiger partial charge in [0, 0.05) is 5.56 Å². The minimum Gasteiger partial charge on any atom is -0.493 e. The number of alkyl halides is 4. The first-order chi connectivity index (χ1) is 10.2. The van der Waals surface area contributed by atoms with Crippen molar-refractivity contribution >= 4 is 27.6 Å². The lowest BCUT2D eigenvalue weighted by molar-refractivity contribution is -0.174. The molecule has 0 aliphatic heterocycles. The van der Waals surface area contributed by atoms with Crippen LogP contribution in [0.5, 0.6) is 11.5 Å². The number of ether oxygens (including phenoxy) is 2. The maximum absolute atomic E-state index is 12.4. The van der Waals surface area contributed by atoms with Gasteiger partial charge in [-0.3, -0.25) is 9.59 Å². The number of hydrogen-bond acceptors (Lipinski definition) is 4. The average molecular weight is 382 g/mol. The first kappa shape index (κ1) is 16.6. The average Bonchev–Trinajstić information content (AvgIpc) is 2.69. The van der Waals surface area contributed by atoms with Crippen molar-refractivity contribution in [1.82, 2.24) is 5.32 Å². The van der Waals surface area contributed by atoms with Gasteiger partial charge in [0.25, 0.3) is 0 Å². The fraction of sp³-hybridized carbons (Fsp3) is 0.385. The summed E-state index contributed by atoms with van der Waals surface area (Å²) in [5, 5.41) is 1.82. The Morgan fingerprint density at radius 3 is 2.27 bits per heavy atom. The predicted octanol–water partition coefficient (Wildman–Crippen LogP) is 2.38. The van der Waals surface area contributed by atoms with Crippen molar-refractivity contribution in [3.63, 3.8) is 0 Å². The SMILES string of the molecule is COc1cc2c(cc1OC)[C@H](NC(=O)C(F)(F)F)[C@H](Br)C2=O. The molecule has 1 aliphatic rings. The molecule has 0 radical (unpaired) electrons. The number of Topliss-reactive ketones (excluding diaryl/α,β-unsaturated/α-hetero) is 1. The minimum atomic E-state index is -5.03. The molecule has 120 valence electrons. The summed E-state index contributed by atoms with van der Waals surface area (Å²) in [6.45, 7) is 0. The Morgan fingerprint density at radius 1 is 1.23 bits per heavy atom. The number of carbonyl (C=O) groups excluding carboxylic acids is 2. The van der Waals surface area contributed by atoms with Gasteiger partial charge >= 0.3 is 12.1 Å². The van der Waals surface area contributed by atoms with Gasteiger partial charge in [0.2, 0.25) is 0 Å². The number of ketones is 1. The zero-order valence-electron chi connectivity index (χ0n) is 11.5. The van der Waals surface area contributed by atoms with E-state index in [9.17, 15) is 22.8 Å². The molecule has 0 bridgehead atoms. The van der Waals surface area contributed by atoms with Crippen molar-refractivity contribution in [2.75, 3.05) is 14.2 Å². The molecule has 1 aromatic rings. The van der Waals surface area contributed by atoms with Crippen LogP contribution in [0.1, 0.15) is 22.0 Å². The second-order valence-electron chi connectivity index (χ2n) is 4.51. The van der Waals surface area contributed by atoms with Crippen LogP contribution in [0.2, 0.25) is 0 Å². The minimum absolute atomic E-state index is 0.173. The summed E-state index contributed by atoms with van der Waals surface area (Å²) >= 11 is 3.03. The van der Waals surface area contributed by atoms with Crippen molar-refractivity contribution < 1.29 is 32.2 Å². The largest absolute Gasteiger partial charge is 0.493 e. The molecular formula is C13H11BrF3NO4. The number of methoxy groups -OCH3 is 2. The van der Waals surface area contributed by atoms with Gasteiger partial charge in [-0.05, 0) is 17.7 Å². The number of nitrogens with one attached hydrogen (secondary N) is 1. The first-order valence-electron chi connectivity index (χ1n) is 6.02. The highest BCUT2D eigenvalue weighted by molar-refractivity contribution is 9.10. The van der Waals surface area contributed by atoms with Gasteiger partial charge < -0.3 is 14.8 Å². The third-order valence-corrected chi connectivity index (χ3v) is 4.19. The Balaban J connectivity index is 2.45. The Hall–Kier alpha value is -1.77. The lowest BCUT2D eigenvalue weighted by Gasteiger charge is -2.18. The number of amides is 1. The molecule has 0 fully saturated rings. The van der Waals surface area contributed by atoms with E-state index in [0.29, 0.717) is 0 Å². The zero-order valence-corrected chi connectivity index (χ0v) is 13.0. The van der Waals surface area contributed by atoms with Crippen LogP contribution in [-0.2, 0) is 4.79 Å². The number of rotatable bonds is 3. The maximum atomic E-state index is 12.4. The summed E-state index contributed by atoms with van der Waals surface area (Å²) in [6, 6.07) is 1.62. The van der Waals surface area contributed by atoms with Gasteiger partial charge in [0.1, 0.15) is 4.83 Å². The monoisotopic (exact) mass is 381 g/mol. The second kappa shape index (κ2) is 5.79. The maximum Gasteiger partial charge on any atom is 0.471 e. The Morgan fingerprint density at radius 2 is 1.77 bits per heavy atom. The molecule has 0 heterocycles. The van der Waals surface area contributed by atoms with E-state index in [-0.39, 0.29) is 22.6 Å². The van der Waals surface area contributed by atoms with Crippen molar-refractivity contribution in [1.29, 1.82) is 0 Å². The number of hydrogen-bond donors (Lipinski definition) is 1. The van der Waals surface area contributed by atoms with Crippen LogP contribution in [0.15, 0.2) is 12.1 Å². The summed E-state index contributed by atoms with van der Waals surface area (Å²) in [6.07, 6.45) is -5.03. The summed E-state index contributed by atoms with van der Waals surface area (Å²) < 4.78 is 47.4. The van der Waals surface area contributed by atoms with Crippen molar-refractivity contribution in [3.8, 4) is 11.5 Å². The van der Waals surface area contributed by atoms with Crippen LogP contribution in [0, 0.1) is 0 Å². The molecule has 0 spiro atoms. The van der Waals surface area contributed by atoms with Crippen LogP contribution in [-0.4, -0.2) is 36.9 Å². The molecule has 5 nitrogen and oxygen atoms in total. The summed E-state index contributed by atoms with van der Waals surface area (Å²) in [7, 11) is 2.73. The molecule has 1 N–H and O–H groups in total. The van der Waals surface area contributed by atoms with Gasteiger partial charge in [-0.1, -0.05) is 15.9 Å². The van der Waals surface area contributed by atoms with Crippen molar-refractivity contribution in [2.24, 2.45) is 0 Å². The van der Waals surface area contributed by atoms with Crippen LogP contribution >= 0.6 is 15.9 Å². The Kier molecular flexibility index (Phi) is 4.37. The second-order valence-corrected chi connectivity index (χ2v) is 5.50. The fourth-order valence-electron chi connectivity index (χ4n) is 2.20. The molecular weight excluding hydrogens is 371 g/mol. The van der Waals surface area contributed by atoms with Crippen LogP contribution in [0.25, 0.3) is 0 Å². The van der Waals surface area contributed by atoms with E-state index < -0.39 is 28.7 Å². The first-order valence-corrected chi connectivity index (χ1v) is 6.94. The van der Waals surface area contributed by atoms with E-state index in [2.05, 4.69) is 15.9 Å². The van der Waals surface area contributed by atoms with Crippen LogP contribution in [0.4, 0.5) is 13.2 Å². The quantitative estimate of drug-likeness (QED) is 0.816. The molecule has 0 saturated carbocycles. The van der Waals surface area contributed by atoms with Gasteiger partial charge in [-0.15, -0.1) is 0 Å². The molecule has 0 aromatic heterocycles. The number of halogens is 4. The van der Waals surface area contributed by atoms with E-state index >= 15 is 0 Å². The third kappa shape index (κ3) is 2.77. The smallest absolute Gasteiger partial charge is 0.471 e. The lowest BCUT2D eigenvalue weighted by Crippen LogP contribution is -2.41. The van der Waals surface area contributed by atoms with Gasteiger partial charge in [-0.25, -0.2) is 0 Å². The van der Waals surface area contributed by atoms with Gasteiger partial charge in [0.15, 0.2) is 17.3 Å². The molecule has 1 aromatic carbocycles. The molecule has 1 amide bonds. The van der Waals surface area contributed by atoms with E-state index in [0.717, 1.165) is 0 Å². The third-order valence-electron chi connectivity index (χ3n) is 3.24. The van der Waals surface area contributed by atoms with Gasteiger partial charge in [-0.2, -0.15) is 13.2 Å². The molecule has 0 saturated heterocycles. The molecule has 2 atom stereocenters. The fourth-order valence-corrected chi connectivity index (χ4v) is 2.86. The summed E-state index contributed by atoms with van der Waals surface area (Å²) in [5.74, 6) is -2.03. The number of carbonyl (C=O) groups is 2. The Labute approximate surface area is 131 Å². The van der Waals surface area contributed by atoms with Gasteiger partial charge in [0.05, 0.1) is 20.3 Å². The molecule has 22 heavy (non-hydrogen) atoms. The highest BCUT2D eigenvalue weighted by atomic mass is 79.9. The highest BCUT2D eigenvalue weighted by Gasteiger charge is 2.45. The van der Waals surface area contributed by atoms with E-state index in [1.54, 1.807) is 0 Å². The number of benzene rings is 1. The predicted molar refractivity (Wildman–Crippen MR) is 73.5 cm³/mol. The molecule has 9 heteroatoms. The topological polar surface area (TPSA) is 64.6 Å². The summed E-state index contributed by atoms with van der Waals surface area (Å²) in [4.78, 5) is 22.3. The standard InChI is InChI=1S/C13H11BrF3NO4/c1-21-7-3-5-6(4-8(7)22-2)11(19)9(14)10(5)18-12(20)13(15,16)17/h3-4,9-10H,1-2H3,(H,18,20)/t9-,10-/m0/s1. The lowest BCUT2D eigenvalue weighted by atomic mass is 10.1. The van der Waals surface area contributed by atoms with Crippen molar-refractivity contribution in [3.05, 3.63) is 23.3 Å². The van der Waals surface area contributed by atoms with E-state index in [1.165, 1.54) is 26.4 Å². The molecule has 2 rings (SSSR count). The van der Waals surface area contributed by atoms with E-state index in [4.69, 9.17) is 9.47 Å². The van der Waals surface area contributed by atoms with E-state index in [1.807, 2.05) is 5.32 Å². The van der Waals surface area contributed by atoms with Crippen molar-refractivity contribution in [2.45, 2.75) is 17.0 Å². The normalized spacial score (nSPS) is 20.5. The Bertz CT molecular complexity index is 632. The molecule has 1 aliphatic carbocycles. The number of fused-ring (bicyclic) bond motifs is 1. The summed E-state index contributed by atoms with van der Waals surface area (Å²) in [5.41, 5.74) is 0.411. The zero-order chi connectivity index (χ0) is 16.7. The van der Waals surface area contributed by atoms with Crippen LogP contribution < -0.4 is 14.8 Å². The van der Waals surface area contributed by atoms with Crippen LogP contribution in [0.3, 0.4) is 0 Å². The molecule has 0 unspecified atom stereocenters.